The second kappa shape index (κ2) is 4.80. The minimum atomic E-state index is -3.58. The minimum Gasteiger partial charge on any atom is -0.334 e. The molecule has 5 nitrogen and oxygen atoms in total. The molecule has 0 aliphatic carbocycles. The van der Waals surface area contributed by atoms with E-state index in [0.717, 1.165) is 4.90 Å². The Labute approximate surface area is 104 Å². The number of hydrogen-bond acceptors (Lipinski definition) is 4. The molecule has 0 aliphatic heterocycles. The first-order chi connectivity index (χ1) is 8.13. The lowest BCUT2D eigenvalue weighted by Gasteiger charge is -2.09. The molecule has 90 valence electrons. The summed E-state index contributed by atoms with van der Waals surface area (Å²) in [7, 11) is -3.58. The lowest BCUT2D eigenvalue weighted by Crippen LogP contribution is -2.13. The van der Waals surface area contributed by atoms with Crippen molar-refractivity contribution in [2.45, 2.75) is 9.92 Å². The highest BCUT2D eigenvalue weighted by Gasteiger charge is 2.16. The largest absolute Gasteiger partial charge is 0.334 e. The van der Waals surface area contributed by atoms with Crippen LogP contribution in [0.2, 0.25) is 0 Å². The number of aromatic amines is 1. The van der Waals surface area contributed by atoms with E-state index in [0.29, 0.717) is 5.69 Å². The monoisotopic (exact) mass is 269 g/mol. The first-order valence-electron chi connectivity index (χ1n) is 4.78. The molecule has 0 amide bonds. The Bertz CT molecular complexity index is 594. The van der Waals surface area contributed by atoms with E-state index in [2.05, 4.69) is 14.7 Å². The number of rotatable bonds is 4. The molecule has 0 saturated carbocycles. The quantitative estimate of drug-likeness (QED) is 0.832. The lowest BCUT2D eigenvalue weighted by molar-refractivity contribution is 0.598. The topological polar surface area (TPSA) is 74.8 Å². The van der Waals surface area contributed by atoms with Crippen LogP contribution in [-0.4, -0.2) is 24.6 Å². The molecule has 7 heteroatoms. The first-order valence-corrected chi connectivity index (χ1v) is 7.48. The van der Waals surface area contributed by atoms with Gasteiger partial charge in [0.25, 0.3) is 10.0 Å². The van der Waals surface area contributed by atoms with Crippen molar-refractivity contribution < 1.29 is 8.42 Å². The molecule has 0 bridgehead atoms. The van der Waals surface area contributed by atoms with Gasteiger partial charge in [-0.25, -0.2) is 4.98 Å². The van der Waals surface area contributed by atoms with Gasteiger partial charge >= 0.3 is 0 Å². The highest BCUT2D eigenvalue weighted by Crippen LogP contribution is 2.26. The summed E-state index contributed by atoms with van der Waals surface area (Å²) < 4.78 is 26.4. The summed E-state index contributed by atoms with van der Waals surface area (Å²) in [6, 6.07) is 7.22. The van der Waals surface area contributed by atoms with E-state index in [1.807, 2.05) is 18.4 Å². The predicted molar refractivity (Wildman–Crippen MR) is 67.6 cm³/mol. The third kappa shape index (κ3) is 2.62. The predicted octanol–water partition coefficient (Wildman–Crippen LogP) is 1.93. The number of H-pyrrole nitrogens is 1. The maximum Gasteiger partial charge on any atom is 0.279 e. The van der Waals surface area contributed by atoms with Gasteiger partial charge in [0.05, 0.1) is 18.2 Å². The highest BCUT2D eigenvalue weighted by atomic mass is 32.2. The second-order valence-electron chi connectivity index (χ2n) is 3.22. The van der Waals surface area contributed by atoms with E-state index in [1.54, 1.807) is 12.1 Å². The standard InChI is InChI=1S/C10H11N3O2S2/c1-16-9-5-3-2-4-8(9)13-17(14,15)10-6-11-7-12-10/h2-7,13H,1H3,(H,11,12). The van der Waals surface area contributed by atoms with Crippen molar-refractivity contribution in [3.63, 3.8) is 0 Å². The smallest absolute Gasteiger partial charge is 0.279 e. The van der Waals surface area contributed by atoms with Crippen molar-refractivity contribution in [2.24, 2.45) is 0 Å². The minimum absolute atomic E-state index is 0.0495. The molecule has 1 heterocycles. The number of aromatic nitrogens is 2. The molecule has 0 atom stereocenters. The van der Waals surface area contributed by atoms with Crippen LogP contribution in [0.25, 0.3) is 0 Å². The summed E-state index contributed by atoms with van der Waals surface area (Å²) in [5, 5.41) is 0.0495. The number of sulfonamides is 1. The summed E-state index contributed by atoms with van der Waals surface area (Å²) in [5.41, 5.74) is 0.564. The van der Waals surface area contributed by atoms with Gasteiger partial charge in [0.15, 0.2) is 5.03 Å². The molecule has 1 aromatic carbocycles. The van der Waals surface area contributed by atoms with E-state index < -0.39 is 10.0 Å². The highest BCUT2D eigenvalue weighted by molar-refractivity contribution is 7.99. The van der Waals surface area contributed by atoms with Crippen molar-refractivity contribution >= 4 is 27.5 Å². The fourth-order valence-electron chi connectivity index (χ4n) is 1.32. The summed E-state index contributed by atoms with van der Waals surface area (Å²) in [6.45, 7) is 0. The number of nitrogens with zero attached hydrogens (tertiary/aromatic N) is 1. The van der Waals surface area contributed by atoms with Crippen LogP contribution in [0.4, 0.5) is 5.69 Å². The molecule has 0 spiro atoms. The Morgan fingerprint density at radius 1 is 1.35 bits per heavy atom. The number of thioether (sulfide) groups is 1. The molecule has 0 radical (unpaired) electrons. The van der Waals surface area contributed by atoms with Crippen LogP contribution in [0.5, 0.6) is 0 Å². The number of imidazole rings is 1. The molecular weight excluding hydrogens is 258 g/mol. The van der Waals surface area contributed by atoms with Gasteiger partial charge in [0.1, 0.15) is 0 Å². The van der Waals surface area contributed by atoms with Crippen molar-refractivity contribution in [1.29, 1.82) is 0 Å². The van der Waals surface area contributed by atoms with E-state index in [1.165, 1.54) is 24.3 Å². The Kier molecular flexibility index (Phi) is 3.39. The van der Waals surface area contributed by atoms with Crippen LogP contribution in [0.15, 0.2) is 46.7 Å². The van der Waals surface area contributed by atoms with E-state index in [-0.39, 0.29) is 5.03 Å². The van der Waals surface area contributed by atoms with Gasteiger partial charge in [0, 0.05) is 4.90 Å². The summed E-state index contributed by atoms with van der Waals surface area (Å²) in [5.74, 6) is 0. The Balaban J connectivity index is 2.33. The maximum atomic E-state index is 11.9. The zero-order chi connectivity index (χ0) is 12.3. The number of benzene rings is 1. The number of para-hydroxylation sites is 1. The van der Waals surface area contributed by atoms with Gasteiger partial charge < -0.3 is 4.98 Å². The van der Waals surface area contributed by atoms with Crippen molar-refractivity contribution in [3.8, 4) is 0 Å². The van der Waals surface area contributed by atoms with Gasteiger partial charge in [-0.2, -0.15) is 8.42 Å². The average Bonchev–Trinajstić information content (AvgIpc) is 2.83. The van der Waals surface area contributed by atoms with Crippen molar-refractivity contribution in [1.82, 2.24) is 9.97 Å². The van der Waals surface area contributed by atoms with Gasteiger partial charge in [-0.1, -0.05) is 12.1 Å². The van der Waals surface area contributed by atoms with E-state index in [4.69, 9.17) is 0 Å². The molecule has 0 unspecified atom stereocenters. The van der Waals surface area contributed by atoms with E-state index >= 15 is 0 Å². The lowest BCUT2D eigenvalue weighted by atomic mass is 10.3. The number of nitrogens with one attached hydrogen (secondary N) is 2. The normalized spacial score (nSPS) is 11.4. The molecule has 0 fully saturated rings. The summed E-state index contributed by atoms with van der Waals surface area (Å²) in [6.07, 6.45) is 4.49. The van der Waals surface area contributed by atoms with Crippen LogP contribution in [0.1, 0.15) is 0 Å². The van der Waals surface area contributed by atoms with Gasteiger partial charge in [-0.3, -0.25) is 4.72 Å². The Hall–Kier alpha value is -1.47. The number of anilines is 1. The zero-order valence-electron chi connectivity index (χ0n) is 9.04. The maximum absolute atomic E-state index is 11.9. The Morgan fingerprint density at radius 2 is 2.12 bits per heavy atom. The van der Waals surface area contributed by atoms with Crippen molar-refractivity contribution in [3.05, 3.63) is 36.8 Å². The fraction of sp³-hybridized carbons (Fsp3) is 0.100. The first kappa shape index (κ1) is 12.0. The SMILES string of the molecule is CSc1ccccc1NS(=O)(=O)c1cnc[nH]1. The molecule has 0 aliphatic rings. The molecule has 0 saturated heterocycles. The zero-order valence-corrected chi connectivity index (χ0v) is 10.7. The molecule has 2 N–H and O–H groups in total. The Morgan fingerprint density at radius 3 is 2.76 bits per heavy atom. The molecule has 17 heavy (non-hydrogen) atoms. The number of hydrogen-bond donors (Lipinski definition) is 2. The summed E-state index contributed by atoms with van der Waals surface area (Å²) >= 11 is 1.48. The van der Waals surface area contributed by atoms with Crippen molar-refractivity contribution in [2.75, 3.05) is 11.0 Å². The molecule has 2 aromatic rings. The van der Waals surface area contributed by atoms with Crippen LogP contribution in [0.3, 0.4) is 0 Å². The third-order valence-electron chi connectivity index (χ3n) is 2.11. The fourth-order valence-corrected chi connectivity index (χ4v) is 2.92. The second-order valence-corrected chi connectivity index (χ2v) is 5.72. The van der Waals surface area contributed by atoms with Crippen LogP contribution in [-0.2, 0) is 10.0 Å². The van der Waals surface area contributed by atoms with E-state index in [9.17, 15) is 8.42 Å². The van der Waals surface area contributed by atoms with Crippen LogP contribution >= 0.6 is 11.8 Å². The average molecular weight is 269 g/mol. The summed E-state index contributed by atoms with van der Waals surface area (Å²) in [4.78, 5) is 7.13. The van der Waals surface area contributed by atoms with Gasteiger partial charge in [-0.15, -0.1) is 11.8 Å². The molecular formula is C10H11N3O2S2. The van der Waals surface area contributed by atoms with Crippen LogP contribution < -0.4 is 4.72 Å². The van der Waals surface area contributed by atoms with Crippen LogP contribution in [0, 0.1) is 0 Å². The third-order valence-corrected chi connectivity index (χ3v) is 4.20. The van der Waals surface area contributed by atoms with Gasteiger partial charge in [-0.05, 0) is 18.4 Å². The molecule has 1 aromatic heterocycles. The molecule has 2 rings (SSSR count). The van der Waals surface area contributed by atoms with Gasteiger partial charge in [0.2, 0.25) is 0 Å².